The van der Waals surface area contributed by atoms with Gasteiger partial charge < -0.3 is 5.32 Å². The van der Waals surface area contributed by atoms with Crippen LogP contribution in [0.25, 0.3) is 0 Å². The van der Waals surface area contributed by atoms with Crippen LogP contribution in [0, 0.1) is 6.92 Å². The molecule has 0 saturated carbocycles. The molecule has 0 spiro atoms. The van der Waals surface area contributed by atoms with Crippen LogP contribution in [0.15, 0.2) is 24.3 Å². The molecule has 0 bridgehead atoms. The van der Waals surface area contributed by atoms with Crippen LogP contribution in [-0.4, -0.2) is 29.6 Å². The molecule has 0 aliphatic carbocycles. The third-order valence-corrected chi connectivity index (χ3v) is 5.91. The summed E-state index contributed by atoms with van der Waals surface area (Å²) >= 11 is 4.20. The third-order valence-electron chi connectivity index (χ3n) is 3.05. The van der Waals surface area contributed by atoms with Crippen molar-refractivity contribution >= 4 is 23.5 Å². The van der Waals surface area contributed by atoms with Crippen LogP contribution in [-0.2, 0) is 0 Å². The number of nitrogens with one attached hydrogen (secondary N) is 1. The fourth-order valence-corrected chi connectivity index (χ4v) is 5.08. The lowest BCUT2D eigenvalue weighted by Crippen LogP contribution is -2.31. The van der Waals surface area contributed by atoms with Crippen molar-refractivity contribution in [2.75, 3.05) is 24.3 Å². The second-order valence-corrected chi connectivity index (χ2v) is 6.60. The van der Waals surface area contributed by atoms with E-state index in [1.165, 1.54) is 28.4 Å². The van der Waals surface area contributed by atoms with Gasteiger partial charge in [0.25, 0.3) is 0 Å². The first-order chi connectivity index (χ1) is 7.83. The minimum atomic E-state index is 0.499. The van der Waals surface area contributed by atoms with E-state index >= 15 is 0 Å². The zero-order chi connectivity index (χ0) is 11.4. The zero-order valence-corrected chi connectivity index (χ0v) is 11.5. The number of aryl methyl sites for hydroxylation is 1. The Morgan fingerprint density at radius 3 is 2.75 bits per heavy atom. The van der Waals surface area contributed by atoms with Crippen LogP contribution in [0.1, 0.15) is 17.2 Å². The molecule has 1 aliphatic heterocycles. The molecule has 2 atom stereocenters. The molecular weight excluding hydrogens is 234 g/mol. The lowest BCUT2D eigenvalue weighted by atomic mass is 9.99. The fraction of sp³-hybridized carbons (Fsp3) is 0.538. The highest BCUT2D eigenvalue weighted by molar-refractivity contribution is 8.06. The summed E-state index contributed by atoms with van der Waals surface area (Å²) in [5.41, 5.74) is 2.86. The zero-order valence-electron chi connectivity index (χ0n) is 9.90. The molecule has 1 fully saturated rings. The predicted octanol–water partition coefficient (Wildman–Crippen LogP) is 3.10. The Hall–Kier alpha value is -0.120. The molecule has 2 unspecified atom stereocenters. The molecule has 1 N–H and O–H groups in total. The summed E-state index contributed by atoms with van der Waals surface area (Å²) < 4.78 is 0. The van der Waals surface area contributed by atoms with E-state index in [1.807, 2.05) is 0 Å². The molecule has 1 aromatic rings. The van der Waals surface area contributed by atoms with Gasteiger partial charge in [0.05, 0.1) is 0 Å². The SMILES string of the molecule is CNC(c1ccccc1C)C1CSCCS1. The van der Waals surface area contributed by atoms with E-state index in [0.717, 1.165) is 0 Å². The molecule has 3 heteroatoms. The van der Waals surface area contributed by atoms with Gasteiger partial charge in [0.1, 0.15) is 0 Å². The largest absolute Gasteiger partial charge is 0.312 e. The number of benzene rings is 1. The average Bonchev–Trinajstić information content (AvgIpc) is 2.34. The van der Waals surface area contributed by atoms with Crippen LogP contribution in [0.2, 0.25) is 0 Å². The molecule has 2 rings (SSSR count). The molecular formula is C13H19NS2. The summed E-state index contributed by atoms with van der Waals surface area (Å²) in [6, 6.07) is 9.23. The molecule has 0 aromatic heterocycles. The van der Waals surface area contributed by atoms with Crippen LogP contribution >= 0.6 is 23.5 Å². The number of thioether (sulfide) groups is 2. The van der Waals surface area contributed by atoms with E-state index in [1.54, 1.807) is 0 Å². The third kappa shape index (κ3) is 2.76. The van der Waals surface area contributed by atoms with Crippen molar-refractivity contribution in [3.63, 3.8) is 0 Å². The van der Waals surface area contributed by atoms with E-state index in [0.29, 0.717) is 11.3 Å². The summed E-state index contributed by atoms with van der Waals surface area (Å²) in [5, 5.41) is 4.21. The summed E-state index contributed by atoms with van der Waals surface area (Å²) in [7, 11) is 2.08. The minimum absolute atomic E-state index is 0.499. The topological polar surface area (TPSA) is 12.0 Å². The van der Waals surface area contributed by atoms with Gasteiger partial charge in [-0.3, -0.25) is 0 Å². The van der Waals surface area contributed by atoms with Crippen molar-refractivity contribution in [1.82, 2.24) is 5.32 Å². The van der Waals surface area contributed by atoms with Crippen LogP contribution in [0.4, 0.5) is 0 Å². The van der Waals surface area contributed by atoms with Gasteiger partial charge in [0.15, 0.2) is 0 Å². The maximum absolute atomic E-state index is 3.49. The Morgan fingerprint density at radius 1 is 1.31 bits per heavy atom. The smallest absolute Gasteiger partial charge is 0.0448 e. The van der Waals surface area contributed by atoms with Gasteiger partial charge in [0, 0.05) is 28.6 Å². The molecule has 0 amide bonds. The summed E-state index contributed by atoms with van der Waals surface area (Å²) in [4.78, 5) is 0. The summed E-state index contributed by atoms with van der Waals surface area (Å²) in [6.07, 6.45) is 0. The molecule has 1 saturated heterocycles. The van der Waals surface area contributed by atoms with Crippen molar-refractivity contribution in [3.05, 3.63) is 35.4 Å². The maximum atomic E-state index is 3.49. The summed E-state index contributed by atoms with van der Waals surface area (Å²) in [6.45, 7) is 2.21. The van der Waals surface area contributed by atoms with Gasteiger partial charge in [-0.25, -0.2) is 0 Å². The van der Waals surface area contributed by atoms with Crippen LogP contribution in [0.5, 0.6) is 0 Å². The standard InChI is InChI=1S/C13H19NS2/c1-10-5-3-4-6-11(10)13(14-2)12-9-15-7-8-16-12/h3-6,12-14H,7-9H2,1-2H3. The van der Waals surface area contributed by atoms with E-state index in [2.05, 4.69) is 67.1 Å². The van der Waals surface area contributed by atoms with Gasteiger partial charge >= 0.3 is 0 Å². The minimum Gasteiger partial charge on any atom is -0.312 e. The first-order valence-corrected chi connectivity index (χ1v) is 7.95. The van der Waals surface area contributed by atoms with Crippen LogP contribution < -0.4 is 5.32 Å². The van der Waals surface area contributed by atoms with Gasteiger partial charge in [0.2, 0.25) is 0 Å². The molecule has 1 aliphatic rings. The number of hydrogen-bond donors (Lipinski definition) is 1. The number of hydrogen-bond acceptors (Lipinski definition) is 3. The van der Waals surface area contributed by atoms with Crippen molar-refractivity contribution in [2.45, 2.75) is 18.2 Å². The fourth-order valence-electron chi connectivity index (χ4n) is 2.18. The van der Waals surface area contributed by atoms with Gasteiger partial charge in [-0.15, -0.1) is 0 Å². The normalized spacial score (nSPS) is 23.0. The second kappa shape index (κ2) is 5.99. The molecule has 1 nitrogen and oxygen atoms in total. The summed E-state index contributed by atoms with van der Waals surface area (Å²) in [5.74, 6) is 3.87. The Bertz CT molecular complexity index is 334. The maximum Gasteiger partial charge on any atom is 0.0448 e. The Balaban J connectivity index is 2.18. The van der Waals surface area contributed by atoms with Gasteiger partial charge in [-0.2, -0.15) is 23.5 Å². The monoisotopic (exact) mass is 253 g/mol. The first-order valence-electron chi connectivity index (χ1n) is 5.75. The predicted molar refractivity (Wildman–Crippen MR) is 76.6 cm³/mol. The molecule has 0 radical (unpaired) electrons. The van der Waals surface area contributed by atoms with Crippen molar-refractivity contribution in [1.29, 1.82) is 0 Å². The Labute approximate surface area is 107 Å². The highest BCUT2D eigenvalue weighted by atomic mass is 32.2. The van der Waals surface area contributed by atoms with E-state index < -0.39 is 0 Å². The second-order valence-electron chi connectivity index (χ2n) is 4.11. The van der Waals surface area contributed by atoms with E-state index in [4.69, 9.17) is 0 Å². The molecule has 88 valence electrons. The van der Waals surface area contributed by atoms with Crippen molar-refractivity contribution in [2.24, 2.45) is 0 Å². The van der Waals surface area contributed by atoms with Crippen molar-refractivity contribution in [3.8, 4) is 0 Å². The Morgan fingerprint density at radius 2 is 2.12 bits per heavy atom. The van der Waals surface area contributed by atoms with Crippen molar-refractivity contribution < 1.29 is 0 Å². The average molecular weight is 253 g/mol. The van der Waals surface area contributed by atoms with Gasteiger partial charge in [-0.1, -0.05) is 24.3 Å². The molecule has 1 aromatic carbocycles. The lowest BCUT2D eigenvalue weighted by molar-refractivity contribution is 0.589. The quantitative estimate of drug-likeness (QED) is 0.889. The van der Waals surface area contributed by atoms with E-state index in [-0.39, 0.29) is 0 Å². The Kier molecular flexibility index (Phi) is 4.62. The first kappa shape index (κ1) is 12.3. The lowest BCUT2D eigenvalue weighted by Gasteiger charge is -2.30. The molecule has 16 heavy (non-hydrogen) atoms. The molecule has 1 heterocycles. The highest BCUT2D eigenvalue weighted by Gasteiger charge is 2.25. The van der Waals surface area contributed by atoms with E-state index in [9.17, 15) is 0 Å². The number of rotatable bonds is 3. The van der Waals surface area contributed by atoms with Gasteiger partial charge in [-0.05, 0) is 25.1 Å². The highest BCUT2D eigenvalue weighted by Crippen LogP contribution is 2.34. The van der Waals surface area contributed by atoms with Crippen LogP contribution in [0.3, 0.4) is 0 Å².